The number of rotatable bonds is 1. The Bertz CT molecular complexity index is 883. The molecule has 2 saturated heterocycles. The molecule has 25 heavy (non-hydrogen) atoms. The normalized spacial score (nSPS) is 34.6. The summed E-state index contributed by atoms with van der Waals surface area (Å²) in [5.41, 5.74) is 5.41. The van der Waals surface area contributed by atoms with E-state index >= 15 is 0 Å². The highest BCUT2D eigenvalue weighted by Gasteiger charge is 2.49. The fraction of sp³-hybridized carbons (Fsp3) is 0.455. The van der Waals surface area contributed by atoms with Crippen molar-refractivity contribution in [3.63, 3.8) is 0 Å². The largest absolute Gasteiger partial charge is 0.385 e. The van der Waals surface area contributed by atoms with Crippen molar-refractivity contribution in [3.05, 3.63) is 59.2 Å². The molecular formula is C22H24O2S. The molecule has 2 atom stereocenters. The monoisotopic (exact) mass is 352 g/mol. The van der Waals surface area contributed by atoms with Gasteiger partial charge in [0.05, 0.1) is 5.60 Å². The van der Waals surface area contributed by atoms with Gasteiger partial charge < -0.3 is 5.11 Å². The van der Waals surface area contributed by atoms with Crippen molar-refractivity contribution in [1.29, 1.82) is 0 Å². The van der Waals surface area contributed by atoms with E-state index in [0.717, 1.165) is 18.4 Å². The van der Waals surface area contributed by atoms with Crippen LogP contribution < -0.4 is 0 Å². The third-order valence-electron chi connectivity index (χ3n) is 6.72. The minimum absolute atomic E-state index is 0.0469. The lowest BCUT2D eigenvalue weighted by atomic mass is 9.79. The number of fused-ring (bicyclic) bond motifs is 5. The van der Waals surface area contributed by atoms with E-state index in [1.807, 2.05) is 0 Å². The minimum Gasteiger partial charge on any atom is -0.385 e. The van der Waals surface area contributed by atoms with Gasteiger partial charge >= 0.3 is 0 Å². The molecule has 0 radical (unpaired) electrons. The second-order valence-corrected chi connectivity index (χ2v) is 10.5. The Morgan fingerprint density at radius 3 is 2.32 bits per heavy atom. The molecule has 0 spiro atoms. The quantitative estimate of drug-likeness (QED) is 0.833. The van der Waals surface area contributed by atoms with Gasteiger partial charge in [0, 0.05) is 26.7 Å². The number of benzene rings is 2. The fourth-order valence-electron chi connectivity index (χ4n) is 5.31. The predicted octanol–water partition coefficient (Wildman–Crippen LogP) is 4.25. The summed E-state index contributed by atoms with van der Waals surface area (Å²) in [6.45, 7) is 4.54. The molecule has 3 heteroatoms. The number of hydrogen-bond donors (Lipinski definition) is 1. The van der Waals surface area contributed by atoms with Crippen molar-refractivity contribution in [2.75, 3.05) is 0 Å². The highest BCUT2D eigenvalue weighted by Crippen LogP contribution is 2.51. The Kier molecular flexibility index (Phi) is 3.19. The van der Waals surface area contributed by atoms with Crippen LogP contribution in [0.1, 0.15) is 56.2 Å². The van der Waals surface area contributed by atoms with Crippen LogP contribution in [-0.2, 0) is 21.8 Å². The first-order chi connectivity index (χ1) is 11.9. The molecule has 1 N–H and O–H groups in total. The second kappa shape index (κ2) is 5.05. The van der Waals surface area contributed by atoms with E-state index < -0.39 is 16.4 Å². The molecule has 0 aromatic heterocycles. The average Bonchev–Trinajstić information content (AvgIpc) is 2.96. The topological polar surface area (TPSA) is 37.3 Å². The van der Waals surface area contributed by atoms with E-state index in [1.165, 1.54) is 22.3 Å². The molecule has 2 nitrogen and oxygen atoms in total. The zero-order valence-corrected chi connectivity index (χ0v) is 15.6. The van der Waals surface area contributed by atoms with Gasteiger partial charge in [0.2, 0.25) is 0 Å². The van der Waals surface area contributed by atoms with Crippen LogP contribution in [0.4, 0.5) is 0 Å². The Balaban J connectivity index is 1.61. The van der Waals surface area contributed by atoms with Gasteiger partial charge in [-0.1, -0.05) is 56.3 Å². The van der Waals surface area contributed by atoms with Crippen LogP contribution in [0.3, 0.4) is 0 Å². The first kappa shape index (κ1) is 15.8. The van der Waals surface area contributed by atoms with Crippen molar-refractivity contribution in [1.82, 2.24) is 0 Å². The van der Waals surface area contributed by atoms with Gasteiger partial charge in [0.25, 0.3) is 0 Å². The first-order valence-electron chi connectivity index (χ1n) is 9.27. The van der Waals surface area contributed by atoms with E-state index in [1.54, 1.807) is 0 Å². The van der Waals surface area contributed by atoms with Crippen LogP contribution in [0.5, 0.6) is 0 Å². The third kappa shape index (κ3) is 2.09. The van der Waals surface area contributed by atoms with Crippen LogP contribution in [-0.4, -0.2) is 19.8 Å². The Labute approximate surface area is 151 Å². The van der Waals surface area contributed by atoms with Gasteiger partial charge in [-0.15, -0.1) is 0 Å². The summed E-state index contributed by atoms with van der Waals surface area (Å²) in [4.78, 5) is 0. The summed E-state index contributed by atoms with van der Waals surface area (Å²) in [5, 5.41) is 11.8. The number of aliphatic hydroxyl groups is 1. The summed E-state index contributed by atoms with van der Waals surface area (Å²) in [6.07, 6.45) is 3.29. The predicted molar refractivity (Wildman–Crippen MR) is 102 cm³/mol. The summed E-state index contributed by atoms with van der Waals surface area (Å²) < 4.78 is 12.3. The summed E-state index contributed by atoms with van der Waals surface area (Å²) in [5.74, 6) is 0. The molecule has 0 saturated carbocycles. The molecule has 130 valence electrons. The highest BCUT2D eigenvalue weighted by atomic mass is 32.2. The first-order valence-corrected chi connectivity index (χ1v) is 10.5. The third-order valence-corrected chi connectivity index (χ3v) is 8.84. The number of hydrogen-bond acceptors (Lipinski definition) is 2. The maximum atomic E-state index is 12.3. The van der Waals surface area contributed by atoms with E-state index in [0.29, 0.717) is 12.8 Å². The molecule has 2 bridgehead atoms. The smallest absolute Gasteiger partial charge is 0.0919 e. The lowest BCUT2D eigenvalue weighted by molar-refractivity contribution is 0.0184. The van der Waals surface area contributed by atoms with Crippen molar-refractivity contribution in [3.8, 4) is 11.1 Å². The summed E-state index contributed by atoms with van der Waals surface area (Å²) >= 11 is 0. The van der Waals surface area contributed by atoms with Crippen LogP contribution >= 0.6 is 0 Å². The lowest BCUT2D eigenvalue weighted by Gasteiger charge is -2.37. The SMILES string of the molecule is CC1(C)c2ccccc2-c2ccc(C3(O)CC4CCC(C3)S4=O)cc21. The van der Waals surface area contributed by atoms with E-state index in [-0.39, 0.29) is 15.9 Å². The molecule has 5 rings (SSSR count). The Morgan fingerprint density at radius 1 is 0.960 bits per heavy atom. The Hall–Kier alpha value is -1.45. The summed E-state index contributed by atoms with van der Waals surface area (Å²) in [6, 6.07) is 15.1. The highest BCUT2D eigenvalue weighted by molar-refractivity contribution is 7.86. The molecule has 2 unspecified atom stereocenters. The Morgan fingerprint density at radius 2 is 1.60 bits per heavy atom. The minimum atomic E-state index is -0.820. The molecule has 2 fully saturated rings. The molecule has 2 aromatic carbocycles. The van der Waals surface area contributed by atoms with Gasteiger partial charge in [-0.25, -0.2) is 0 Å². The molecule has 2 aliphatic heterocycles. The van der Waals surface area contributed by atoms with Crippen LogP contribution in [0.2, 0.25) is 0 Å². The van der Waals surface area contributed by atoms with Gasteiger partial charge in [0.1, 0.15) is 0 Å². The molecule has 1 aliphatic carbocycles. The zero-order valence-electron chi connectivity index (χ0n) is 14.8. The zero-order chi connectivity index (χ0) is 17.4. The second-order valence-electron chi connectivity index (χ2n) is 8.52. The van der Waals surface area contributed by atoms with Gasteiger partial charge in [0.15, 0.2) is 0 Å². The van der Waals surface area contributed by atoms with Crippen LogP contribution in [0.25, 0.3) is 11.1 Å². The van der Waals surface area contributed by atoms with Crippen molar-refractivity contribution in [2.45, 2.75) is 61.0 Å². The maximum absolute atomic E-state index is 12.3. The van der Waals surface area contributed by atoms with Crippen LogP contribution in [0, 0.1) is 0 Å². The average molecular weight is 352 g/mol. The van der Waals surface area contributed by atoms with E-state index in [2.05, 4.69) is 56.3 Å². The maximum Gasteiger partial charge on any atom is 0.0919 e. The van der Waals surface area contributed by atoms with Gasteiger partial charge in [-0.05, 0) is 53.5 Å². The molecule has 0 amide bonds. The summed E-state index contributed by atoms with van der Waals surface area (Å²) in [7, 11) is -0.746. The fourth-order valence-corrected chi connectivity index (χ4v) is 7.47. The van der Waals surface area contributed by atoms with Crippen molar-refractivity contribution >= 4 is 10.8 Å². The van der Waals surface area contributed by atoms with E-state index in [4.69, 9.17) is 0 Å². The van der Waals surface area contributed by atoms with Gasteiger partial charge in [-0.2, -0.15) is 0 Å². The molecule has 2 heterocycles. The molecule has 2 aromatic rings. The van der Waals surface area contributed by atoms with Crippen molar-refractivity contribution in [2.24, 2.45) is 0 Å². The molecule has 3 aliphatic rings. The van der Waals surface area contributed by atoms with Crippen molar-refractivity contribution < 1.29 is 9.32 Å². The van der Waals surface area contributed by atoms with Gasteiger partial charge in [-0.3, -0.25) is 4.21 Å². The molecular weight excluding hydrogens is 328 g/mol. The van der Waals surface area contributed by atoms with Crippen LogP contribution in [0.15, 0.2) is 42.5 Å². The standard InChI is InChI=1S/C22H24O2S/c1-21(2)19-6-4-3-5-17(19)18-10-7-14(11-20(18)21)22(23)12-15-8-9-16(13-22)25(15)24/h3-7,10-11,15-16,23H,8-9,12-13H2,1-2H3. The van der Waals surface area contributed by atoms with E-state index in [9.17, 15) is 9.32 Å². The lowest BCUT2D eigenvalue weighted by Crippen LogP contribution is -2.40.